The number of halogens is 4. The molecule has 2 rings (SSSR count). The molecule has 1 amide bonds. The lowest BCUT2D eigenvalue weighted by atomic mass is 9.86. The standard InChI is InChI=1S/C15H15ClF3NO3/c16-11-6-9(5-10(7-11)15(17,18)19)13(21)20-12-3-1-8(2-4-12)14(22)23/h5-8,12H,1-4H2,(H,20,21)(H,22,23). The van der Waals surface area contributed by atoms with Gasteiger partial charge in [0.25, 0.3) is 5.91 Å². The van der Waals surface area contributed by atoms with Crippen molar-refractivity contribution >= 4 is 23.5 Å². The molecule has 1 saturated carbocycles. The van der Waals surface area contributed by atoms with E-state index in [1.807, 2.05) is 0 Å². The third-order valence-corrected chi connectivity index (χ3v) is 4.12. The van der Waals surface area contributed by atoms with Gasteiger partial charge in [-0.15, -0.1) is 0 Å². The SMILES string of the molecule is O=C(NC1CCC(C(=O)O)CC1)c1cc(Cl)cc(C(F)(F)F)c1. The molecule has 0 atom stereocenters. The van der Waals surface area contributed by atoms with Gasteiger partial charge in [-0.25, -0.2) is 0 Å². The molecule has 1 aromatic rings. The molecule has 126 valence electrons. The number of amides is 1. The summed E-state index contributed by atoms with van der Waals surface area (Å²) >= 11 is 5.65. The average molecular weight is 350 g/mol. The Bertz CT molecular complexity index is 610. The number of carboxylic acids is 1. The number of nitrogens with one attached hydrogen (secondary N) is 1. The van der Waals surface area contributed by atoms with Crippen molar-refractivity contribution in [1.82, 2.24) is 5.32 Å². The minimum Gasteiger partial charge on any atom is -0.481 e. The molecular formula is C15H15ClF3NO3. The van der Waals surface area contributed by atoms with Crippen LogP contribution in [0, 0.1) is 5.92 Å². The van der Waals surface area contributed by atoms with Crippen molar-refractivity contribution in [3.8, 4) is 0 Å². The van der Waals surface area contributed by atoms with Crippen LogP contribution in [0.25, 0.3) is 0 Å². The Labute approximate surface area is 135 Å². The molecule has 1 aliphatic rings. The second-order valence-corrected chi connectivity index (χ2v) is 6.02. The number of hydrogen-bond acceptors (Lipinski definition) is 2. The number of alkyl halides is 3. The molecule has 1 fully saturated rings. The summed E-state index contributed by atoms with van der Waals surface area (Å²) in [4.78, 5) is 23.0. The molecule has 0 radical (unpaired) electrons. The molecule has 23 heavy (non-hydrogen) atoms. The van der Waals surface area contributed by atoms with Gasteiger partial charge >= 0.3 is 12.1 Å². The van der Waals surface area contributed by atoms with Crippen molar-refractivity contribution in [2.45, 2.75) is 37.9 Å². The zero-order valence-corrected chi connectivity index (χ0v) is 12.7. The third kappa shape index (κ3) is 4.60. The molecule has 0 spiro atoms. The number of hydrogen-bond donors (Lipinski definition) is 2. The first-order chi connectivity index (χ1) is 10.7. The van der Waals surface area contributed by atoms with E-state index in [0.717, 1.165) is 12.1 Å². The van der Waals surface area contributed by atoms with Crippen molar-refractivity contribution < 1.29 is 27.9 Å². The Kier molecular flexibility index (Phi) is 5.19. The summed E-state index contributed by atoms with van der Waals surface area (Å²) in [6, 6.07) is 2.45. The van der Waals surface area contributed by atoms with Crippen LogP contribution in [-0.2, 0) is 11.0 Å². The molecular weight excluding hydrogens is 335 g/mol. The fourth-order valence-corrected chi connectivity index (χ4v) is 2.87. The summed E-state index contributed by atoms with van der Waals surface area (Å²) < 4.78 is 38.2. The molecule has 0 bridgehead atoms. The molecule has 0 aromatic heterocycles. The van der Waals surface area contributed by atoms with E-state index >= 15 is 0 Å². The summed E-state index contributed by atoms with van der Waals surface area (Å²) in [5.74, 6) is -1.93. The monoisotopic (exact) mass is 349 g/mol. The number of aliphatic carboxylic acids is 1. The first-order valence-electron chi connectivity index (χ1n) is 7.08. The summed E-state index contributed by atoms with van der Waals surface area (Å²) in [5.41, 5.74) is -1.14. The van der Waals surface area contributed by atoms with Gasteiger partial charge in [-0.2, -0.15) is 13.2 Å². The number of rotatable bonds is 3. The third-order valence-electron chi connectivity index (χ3n) is 3.90. The van der Waals surface area contributed by atoms with Crippen LogP contribution in [0.5, 0.6) is 0 Å². The van der Waals surface area contributed by atoms with E-state index in [2.05, 4.69) is 5.32 Å². The van der Waals surface area contributed by atoms with Crippen molar-refractivity contribution in [1.29, 1.82) is 0 Å². The van der Waals surface area contributed by atoms with Crippen molar-refractivity contribution in [2.75, 3.05) is 0 Å². The highest BCUT2D eigenvalue weighted by Crippen LogP contribution is 2.32. The van der Waals surface area contributed by atoms with E-state index in [9.17, 15) is 22.8 Å². The van der Waals surface area contributed by atoms with Crippen molar-refractivity contribution in [3.63, 3.8) is 0 Å². The highest BCUT2D eigenvalue weighted by molar-refractivity contribution is 6.31. The number of carboxylic acid groups (broad SMARTS) is 1. The lowest BCUT2D eigenvalue weighted by Crippen LogP contribution is -2.38. The second-order valence-electron chi connectivity index (χ2n) is 5.59. The maximum absolute atomic E-state index is 12.7. The minimum absolute atomic E-state index is 0.162. The summed E-state index contributed by atoms with van der Waals surface area (Å²) in [6.45, 7) is 0. The molecule has 2 N–H and O–H groups in total. The first kappa shape index (κ1) is 17.6. The zero-order chi connectivity index (χ0) is 17.2. The van der Waals surface area contributed by atoms with Crippen LogP contribution < -0.4 is 5.32 Å². The lowest BCUT2D eigenvalue weighted by Gasteiger charge is -2.26. The van der Waals surface area contributed by atoms with Gasteiger partial charge in [0, 0.05) is 16.6 Å². The van der Waals surface area contributed by atoms with Crippen LogP contribution >= 0.6 is 11.6 Å². The number of carbonyl (C=O) groups is 2. The lowest BCUT2D eigenvalue weighted by molar-refractivity contribution is -0.143. The molecule has 1 aliphatic carbocycles. The van der Waals surface area contributed by atoms with Gasteiger partial charge in [0.15, 0.2) is 0 Å². The van der Waals surface area contributed by atoms with Gasteiger partial charge in [0.1, 0.15) is 0 Å². The predicted molar refractivity (Wildman–Crippen MR) is 77.3 cm³/mol. The van der Waals surface area contributed by atoms with Crippen molar-refractivity contribution in [2.24, 2.45) is 5.92 Å². The van der Waals surface area contributed by atoms with E-state index in [-0.39, 0.29) is 16.6 Å². The molecule has 1 aromatic carbocycles. The summed E-state index contributed by atoms with van der Waals surface area (Å²) in [7, 11) is 0. The number of benzene rings is 1. The molecule has 0 saturated heterocycles. The highest BCUT2D eigenvalue weighted by atomic mass is 35.5. The van der Waals surface area contributed by atoms with Gasteiger partial charge < -0.3 is 10.4 Å². The fraction of sp³-hybridized carbons (Fsp3) is 0.467. The van der Waals surface area contributed by atoms with Gasteiger partial charge in [-0.05, 0) is 43.9 Å². The van der Waals surface area contributed by atoms with E-state index in [0.29, 0.717) is 25.7 Å². The summed E-state index contributed by atoms with van der Waals surface area (Å²) in [6.07, 6.45) is -2.75. The molecule has 0 unspecified atom stereocenters. The smallest absolute Gasteiger partial charge is 0.416 e. The largest absolute Gasteiger partial charge is 0.481 e. The van der Waals surface area contributed by atoms with Crippen LogP contribution in [-0.4, -0.2) is 23.0 Å². The zero-order valence-electron chi connectivity index (χ0n) is 12.0. The Morgan fingerprint density at radius 3 is 2.26 bits per heavy atom. The highest BCUT2D eigenvalue weighted by Gasteiger charge is 2.32. The fourth-order valence-electron chi connectivity index (χ4n) is 2.64. The summed E-state index contributed by atoms with van der Waals surface area (Å²) in [5, 5.41) is 11.4. The normalized spacial score (nSPS) is 21.7. The van der Waals surface area contributed by atoms with Gasteiger partial charge in [0.2, 0.25) is 0 Å². The van der Waals surface area contributed by atoms with Crippen LogP contribution in [0.1, 0.15) is 41.6 Å². The van der Waals surface area contributed by atoms with Crippen LogP contribution in [0.15, 0.2) is 18.2 Å². The molecule has 0 aliphatic heterocycles. The van der Waals surface area contributed by atoms with E-state index in [1.54, 1.807) is 0 Å². The van der Waals surface area contributed by atoms with E-state index in [4.69, 9.17) is 16.7 Å². The quantitative estimate of drug-likeness (QED) is 0.873. The van der Waals surface area contributed by atoms with E-state index in [1.165, 1.54) is 6.07 Å². The van der Waals surface area contributed by atoms with Gasteiger partial charge in [0.05, 0.1) is 11.5 Å². The van der Waals surface area contributed by atoms with Crippen LogP contribution in [0.3, 0.4) is 0 Å². The molecule has 8 heteroatoms. The topological polar surface area (TPSA) is 66.4 Å². The van der Waals surface area contributed by atoms with Crippen molar-refractivity contribution in [3.05, 3.63) is 34.3 Å². The van der Waals surface area contributed by atoms with Crippen LogP contribution in [0.4, 0.5) is 13.2 Å². The molecule has 0 heterocycles. The average Bonchev–Trinajstić information content (AvgIpc) is 2.46. The van der Waals surface area contributed by atoms with Gasteiger partial charge in [-0.1, -0.05) is 11.6 Å². The van der Waals surface area contributed by atoms with E-state index < -0.39 is 29.5 Å². The van der Waals surface area contributed by atoms with Crippen LogP contribution in [0.2, 0.25) is 5.02 Å². The minimum atomic E-state index is -4.58. The Morgan fingerprint density at radius 1 is 1.13 bits per heavy atom. The Balaban J connectivity index is 2.04. The predicted octanol–water partition coefficient (Wildman–Crippen LogP) is 3.73. The first-order valence-corrected chi connectivity index (χ1v) is 7.46. The Morgan fingerprint density at radius 2 is 1.74 bits per heavy atom. The second kappa shape index (κ2) is 6.78. The molecule has 4 nitrogen and oxygen atoms in total. The van der Waals surface area contributed by atoms with Gasteiger partial charge in [-0.3, -0.25) is 9.59 Å². The number of carbonyl (C=O) groups excluding carboxylic acids is 1. The maximum Gasteiger partial charge on any atom is 0.416 e. The maximum atomic E-state index is 12.7. The Hall–Kier alpha value is -1.76.